The molecule has 1 amide bonds. The van der Waals surface area contributed by atoms with Crippen LogP contribution in [0.4, 0.5) is 0 Å². The number of carbonyl (C=O) groups excluding carboxylic acids is 1. The summed E-state index contributed by atoms with van der Waals surface area (Å²) in [4.78, 5) is 14.4. The van der Waals surface area contributed by atoms with Crippen molar-refractivity contribution in [1.29, 1.82) is 5.26 Å². The number of hydrogen-bond donors (Lipinski definition) is 0. The average Bonchev–Trinajstić information content (AvgIpc) is 2.34. The summed E-state index contributed by atoms with van der Waals surface area (Å²) in [5, 5.41) is 9.30. The Morgan fingerprint density at radius 3 is 2.28 bits per heavy atom. The normalized spacial score (nSPS) is 33.1. The maximum atomic E-state index is 12.5. The summed E-state index contributed by atoms with van der Waals surface area (Å²) in [6, 6.07) is 2.29. The summed E-state index contributed by atoms with van der Waals surface area (Å²) >= 11 is 0. The third kappa shape index (κ3) is 2.25. The fourth-order valence-corrected chi connectivity index (χ4v) is 3.52. The molecule has 2 rings (SSSR count). The summed E-state index contributed by atoms with van der Waals surface area (Å²) in [7, 11) is 0. The Kier molecular flexibility index (Phi) is 3.66. The van der Waals surface area contributed by atoms with Gasteiger partial charge < -0.3 is 4.90 Å². The molecule has 1 aliphatic heterocycles. The van der Waals surface area contributed by atoms with Crippen LogP contribution in [0.3, 0.4) is 0 Å². The Morgan fingerprint density at radius 2 is 1.89 bits per heavy atom. The smallest absolute Gasteiger partial charge is 0.243 e. The second-order valence-electron chi connectivity index (χ2n) is 6.58. The van der Waals surface area contributed by atoms with Gasteiger partial charge in [-0.05, 0) is 43.4 Å². The number of rotatable bonds is 2. The molecule has 0 N–H and O–H groups in total. The molecule has 1 aliphatic carbocycles. The number of piperidine rings is 1. The fraction of sp³-hybridized carbons (Fsp3) is 0.867. The molecule has 18 heavy (non-hydrogen) atoms. The molecule has 1 saturated carbocycles. The van der Waals surface area contributed by atoms with Crippen LogP contribution < -0.4 is 0 Å². The summed E-state index contributed by atoms with van der Waals surface area (Å²) in [5.41, 5.74) is -0.677. The maximum Gasteiger partial charge on any atom is 0.243 e. The van der Waals surface area contributed by atoms with Crippen molar-refractivity contribution >= 4 is 5.91 Å². The first-order valence-corrected chi connectivity index (χ1v) is 7.19. The standard InChI is InChI=1S/C15H24N2O/c1-11(2)13-4-6-17(7-5-13)14(18)15(10-16)8-12(3)9-15/h11-13H,4-9H2,1-3H3. The highest BCUT2D eigenvalue weighted by Crippen LogP contribution is 2.46. The molecule has 1 heterocycles. The van der Waals surface area contributed by atoms with Crippen LogP contribution in [0.25, 0.3) is 0 Å². The van der Waals surface area contributed by atoms with Gasteiger partial charge in [0.15, 0.2) is 0 Å². The number of carbonyl (C=O) groups is 1. The number of likely N-dealkylation sites (tertiary alicyclic amines) is 1. The van der Waals surface area contributed by atoms with Crippen LogP contribution in [0.2, 0.25) is 0 Å². The highest BCUT2D eigenvalue weighted by atomic mass is 16.2. The molecule has 3 heteroatoms. The molecule has 0 unspecified atom stereocenters. The summed E-state index contributed by atoms with van der Waals surface area (Å²) < 4.78 is 0. The van der Waals surface area contributed by atoms with Crippen LogP contribution in [0, 0.1) is 34.5 Å². The minimum Gasteiger partial charge on any atom is -0.341 e. The zero-order chi connectivity index (χ0) is 13.3. The fourth-order valence-electron chi connectivity index (χ4n) is 3.52. The zero-order valence-electron chi connectivity index (χ0n) is 11.8. The van der Waals surface area contributed by atoms with E-state index in [-0.39, 0.29) is 5.91 Å². The van der Waals surface area contributed by atoms with Crippen LogP contribution >= 0.6 is 0 Å². The Morgan fingerprint density at radius 1 is 1.33 bits per heavy atom. The van der Waals surface area contributed by atoms with Crippen molar-refractivity contribution in [1.82, 2.24) is 4.90 Å². The van der Waals surface area contributed by atoms with Crippen LogP contribution in [-0.4, -0.2) is 23.9 Å². The molecule has 0 aromatic heterocycles. The van der Waals surface area contributed by atoms with E-state index in [1.54, 1.807) is 0 Å². The number of hydrogen-bond acceptors (Lipinski definition) is 2. The van der Waals surface area contributed by atoms with Crippen molar-refractivity contribution in [2.24, 2.45) is 23.2 Å². The van der Waals surface area contributed by atoms with Gasteiger partial charge in [0.05, 0.1) is 6.07 Å². The van der Waals surface area contributed by atoms with Crippen LogP contribution in [0.5, 0.6) is 0 Å². The molecular weight excluding hydrogens is 224 g/mol. The molecular formula is C15H24N2O. The van der Waals surface area contributed by atoms with E-state index in [1.807, 2.05) is 4.90 Å². The van der Waals surface area contributed by atoms with E-state index >= 15 is 0 Å². The highest BCUT2D eigenvalue weighted by molar-refractivity contribution is 5.86. The van der Waals surface area contributed by atoms with Gasteiger partial charge in [-0.25, -0.2) is 0 Å². The van der Waals surface area contributed by atoms with Crippen molar-refractivity contribution in [2.45, 2.75) is 46.5 Å². The molecule has 2 aliphatic rings. The topological polar surface area (TPSA) is 44.1 Å². The number of nitriles is 1. The monoisotopic (exact) mass is 248 g/mol. The number of amides is 1. The first-order chi connectivity index (χ1) is 8.48. The lowest BCUT2D eigenvalue weighted by Gasteiger charge is -2.44. The summed E-state index contributed by atoms with van der Waals surface area (Å²) in [5.74, 6) is 2.08. The third-order valence-electron chi connectivity index (χ3n) is 4.79. The lowest BCUT2D eigenvalue weighted by atomic mass is 9.62. The summed E-state index contributed by atoms with van der Waals surface area (Å²) in [6.45, 7) is 8.33. The lowest BCUT2D eigenvalue weighted by Crippen LogP contribution is -2.52. The summed E-state index contributed by atoms with van der Waals surface area (Å²) in [6.07, 6.45) is 3.71. The van der Waals surface area contributed by atoms with Gasteiger partial charge in [-0.15, -0.1) is 0 Å². The predicted molar refractivity (Wildman–Crippen MR) is 70.6 cm³/mol. The zero-order valence-corrected chi connectivity index (χ0v) is 11.8. The van der Waals surface area contributed by atoms with Gasteiger partial charge in [0, 0.05) is 13.1 Å². The third-order valence-corrected chi connectivity index (χ3v) is 4.79. The van der Waals surface area contributed by atoms with E-state index in [2.05, 4.69) is 26.8 Å². The largest absolute Gasteiger partial charge is 0.341 e. The Balaban J connectivity index is 1.94. The molecule has 0 aromatic carbocycles. The molecule has 0 atom stereocenters. The van der Waals surface area contributed by atoms with Gasteiger partial charge in [0.25, 0.3) is 0 Å². The Labute approximate surface area is 110 Å². The quantitative estimate of drug-likeness (QED) is 0.754. The van der Waals surface area contributed by atoms with Crippen LogP contribution in [-0.2, 0) is 4.79 Å². The van der Waals surface area contributed by atoms with E-state index in [0.29, 0.717) is 11.8 Å². The molecule has 0 radical (unpaired) electrons. The van der Waals surface area contributed by atoms with Crippen molar-refractivity contribution in [3.8, 4) is 6.07 Å². The van der Waals surface area contributed by atoms with Gasteiger partial charge in [-0.1, -0.05) is 20.8 Å². The van der Waals surface area contributed by atoms with Crippen molar-refractivity contribution < 1.29 is 4.79 Å². The predicted octanol–water partition coefficient (Wildman–Crippen LogP) is 2.82. The van der Waals surface area contributed by atoms with Gasteiger partial charge in [-0.2, -0.15) is 5.26 Å². The molecule has 2 fully saturated rings. The first kappa shape index (κ1) is 13.4. The van der Waals surface area contributed by atoms with Crippen molar-refractivity contribution in [3.63, 3.8) is 0 Å². The second kappa shape index (κ2) is 4.91. The molecule has 3 nitrogen and oxygen atoms in total. The van der Waals surface area contributed by atoms with Gasteiger partial charge in [0.2, 0.25) is 5.91 Å². The number of nitrogens with zero attached hydrogens (tertiary/aromatic N) is 2. The van der Waals surface area contributed by atoms with Crippen molar-refractivity contribution in [2.75, 3.05) is 13.1 Å². The van der Waals surface area contributed by atoms with E-state index in [0.717, 1.165) is 44.7 Å². The van der Waals surface area contributed by atoms with Crippen LogP contribution in [0.1, 0.15) is 46.5 Å². The Hall–Kier alpha value is -1.04. The minimum absolute atomic E-state index is 0.102. The molecule has 0 spiro atoms. The van der Waals surface area contributed by atoms with Crippen LogP contribution in [0.15, 0.2) is 0 Å². The first-order valence-electron chi connectivity index (χ1n) is 7.19. The van der Waals surface area contributed by atoms with E-state index < -0.39 is 5.41 Å². The average molecular weight is 248 g/mol. The van der Waals surface area contributed by atoms with Gasteiger partial charge >= 0.3 is 0 Å². The minimum atomic E-state index is -0.677. The lowest BCUT2D eigenvalue weighted by molar-refractivity contribution is -0.147. The van der Waals surface area contributed by atoms with E-state index in [9.17, 15) is 10.1 Å². The molecule has 1 saturated heterocycles. The van der Waals surface area contributed by atoms with Gasteiger partial charge in [0.1, 0.15) is 5.41 Å². The van der Waals surface area contributed by atoms with Gasteiger partial charge in [-0.3, -0.25) is 4.79 Å². The molecule has 0 bridgehead atoms. The van der Waals surface area contributed by atoms with E-state index in [4.69, 9.17) is 0 Å². The molecule has 100 valence electrons. The van der Waals surface area contributed by atoms with E-state index in [1.165, 1.54) is 0 Å². The highest BCUT2D eigenvalue weighted by Gasteiger charge is 2.51. The SMILES string of the molecule is CC1CC(C#N)(C(=O)N2CCC(C(C)C)CC2)C1. The van der Waals surface area contributed by atoms with Crippen molar-refractivity contribution in [3.05, 3.63) is 0 Å². The maximum absolute atomic E-state index is 12.5. The Bertz CT molecular complexity index is 355. The molecule has 0 aromatic rings. The second-order valence-corrected chi connectivity index (χ2v) is 6.58.